The second-order valence-corrected chi connectivity index (χ2v) is 3.64. The fraction of sp³-hybridized carbons (Fsp3) is 0.909. The molecule has 0 aromatic heterocycles. The first-order valence-corrected chi connectivity index (χ1v) is 5.55. The van der Waals surface area contributed by atoms with Crippen LogP contribution in [-0.4, -0.2) is 17.4 Å². The molecule has 3 heteroatoms. The van der Waals surface area contributed by atoms with Crippen LogP contribution in [0.25, 0.3) is 0 Å². The Bertz CT molecular complexity index is 153. The summed E-state index contributed by atoms with van der Waals surface area (Å²) in [4.78, 5) is 10.5. The average Bonchev–Trinajstić information content (AvgIpc) is 2.15. The molecule has 0 saturated carbocycles. The van der Waals surface area contributed by atoms with Crippen LogP contribution in [0.2, 0.25) is 0 Å². The van der Waals surface area contributed by atoms with E-state index in [0.29, 0.717) is 5.92 Å². The van der Waals surface area contributed by atoms with E-state index in [2.05, 4.69) is 20.8 Å². The van der Waals surface area contributed by atoms with Crippen LogP contribution < -0.4 is 0 Å². The first-order valence-electron chi connectivity index (χ1n) is 5.55. The monoisotopic (exact) mass is 202 g/mol. The zero-order valence-corrected chi connectivity index (χ0v) is 9.45. The van der Waals surface area contributed by atoms with Gasteiger partial charge in [-0.05, 0) is 25.2 Å². The molecule has 0 bridgehead atoms. The van der Waals surface area contributed by atoms with Gasteiger partial charge in [0, 0.05) is 0 Å². The molecular formula is C11H22O3. The molecule has 0 radical (unpaired) electrons. The number of carbonyl (C=O) groups is 1. The summed E-state index contributed by atoms with van der Waals surface area (Å²) >= 11 is 0. The normalized spacial score (nSPS) is 12.9. The Morgan fingerprint density at radius 3 is 2.21 bits per heavy atom. The molecule has 0 aliphatic rings. The largest absolute Gasteiger partial charge is 0.506 e. The number of hydrogen-bond donors (Lipinski definition) is 1. The van der Waals surface area contributed by atoms with Crippen molar-refractivity contribution < 1.29 is 14.6 Å². The van der Waals surface area contributed by atoms with E-state index in [4.69, 9.17) is 9.84 Å². The summed E-state index contributed by atoms with van der Waals surface area (Å²) in [5, 5.41) is 8.60. The van der Waals surface area contributed by atoms with Crippen LogP contribution in [0.1, 0.15) is 52.9 Å². The van der Waals surface area contributed by atoms with Crippen molar-refractivity contribution in [2.45, 2.75) is 59.0 Å². The van der Waals surface area contributed by atoms with E-state index in [-0.39, 0.29) is 6.10 Å². The molecule has 0 spiro atoms. The van der Waals surface area contributed by atoms with Gasteiger partial charge in [-0.25, -0.2) is 4.79 Å². The lowest BCUT2D eigenvalue weighted by atomic mass is 9.93. The third-order valence-electron chi connectivity index (χ3n) is 2.67. The highest BCUT2D eigenvalue weighted by Crippen LogP contribution is 2.21. The first-order chi connectivity index (χ1) is 6.65. The summed E-state index contributed by atoms with van der Waals surface area (Å²) in [5.41, 5.74) is 0. The second-order valence-electron chi connectivity index (χ2n) is 3.64. The van der Waals surface area contributed by atoms with Crippen molar-refractivity contribution in [1.29, 1.82) is 0 Å². The molecule has 1 N–H and O–H groups in total. The van der Waals surface area contributed by atoms with E-state index >= 15 is 0 Å². The minimum absolute atomic E-state index is 0.109. The summed E-state index contributed by atoms with van der Waals surface area (Å²) in [5.74, 6) is 0.373. The molecule has 1 atom stereocenters. The highest BCUT2D eigenvalue weighted by atomic mass is 16.7. The number of ether oxygens (including phenoxy) is 1. The van der Waals surface area contributed by atoms with Crippen LogP contribution in [0, 0.1) is 5.92 Å². The molecule has 1 unspecified atom stereocenters. The highest BCUT2D eigenvalue weighted by molar-refractivity contribution is 5.57. The fourth-order valence-electron chi connectivity index (χ4n) is 1.74. The van der Waals surface area contributed by atoms with Gasteiger partial charge < -0.3 is 9.84 Å². The van der Waals surface area contributed by atoms with Crippen LogP contribution in [0.3, 0.4) is 0 Å². The third kappa shape index (κ3) is 5.10. The van der Waals surface area contributed by atoms with Gasteiger partial charge in [-0.1, -0.05) is 33.6 Å². The minimum atomic E-state index is -1.14. The van der Waals surface area contributed by atoms with Crippen molar-refractivity contribution in [1.82, 2.24) is 0 Å². The lowest BCUT2D eigenvalue weighted by Crippen LogP contribution is -2.25. The number of carboxylic acid groups (broad SMARTS) is 1. The Hall–Kier alpha value is -0.730. The van der Waals surface area contributed by atoms with Crippen molar-refractivity contribution in [3.05, 3.63) is 0 Å². The molecule has 14 heavy (non-hydrogen) atoms. The van der Waals surface area contributed by atoms with Crippen molar-refractivity contribution >= 4 is 6.16 Å². The molecule has 0 saturated heterocycles. The molecule has 0 amide bonds. The zero-order chi connectivity index (χ0) is 11.0. The maximum Gasteiger partial charge on any atom is 0.506 e. The number of unbranched alkanes of at least 4 members (excludes halogenated alkanes) is 1. The van der Waals surface area contributed by atoms with Gasteiger partial charge in [0.1, 0.15) is 6.10 Å². The van der Waals surface area contributed by atoms with E-state index in [0.717, 1.165) is 32.1 Å². The molecule has 0 aromatic rings. The summed E-state index contributed by atoms with van der Waals surface area (Å²) in [6.45, 7) is 6.27. The predicted octanol–water partition coefficient (Wildman–Crippen LogP) is 3.68. The fourth-order valence-corrected chi connectivity index (χ4v) is 1.74. The van der Waals surface area contributed by atoms with Crippen LogP contribution in [-0.2, 0) is 4.74 Å². The topological polar surface area (TPSA) is 46.5 Å². The lowest BCUT2D eigenvalue weighted by Gasteiger charge is -2.23. The summed E-state index contributed by atoms with van der Waals surface area (Å²) < 4.78 is 4.91. The van der Waals surface area contributed by atoms with Gasteiger partial charge in [-0.2, -0.15) is 0 Å². The van der Waals surface area contributed by atoms with E-state index in [1.807, 2.05) is 0 Å². The van der Waals surface area contributed by atoms with E-state index in [1.165, 1.54) is 0 Å². The maximum atomic E-state index is 10.5. The zero-order valence-electron chi connectivity index (χ0n) is 9.45. The minimum Gasteiger partial charge on any atom is -0.450 e. The van der Waals surface area contributed by atoms with Crippen molar-refractivity contribution in [3.8, 4) is 0 Å². The van der Waals surface area contributed by atoms with Gasteiger partial charge in [-0.15, -0.1) is 0 Å². The van der Waals surface area contributed by atoms with Crippen LogP contribution in [0.5, 0.6) is 0 Å². The van der Waals surface area contributed by atoms with Crippen LogP contribution in [0.4, 0.5) is 4.79 Å². The molecule has 0 aliphatic heterocycles. The van der Waals surface area contributed by atoms with E-state index in [9.17, 15) is 4.79 Å². The van der Waals surface area contributed by atoms with Gasteiger partial charge in [0.15, 0.2) is 0 Å². The summed E-state index contributed by atoms with van der Waals surface area (Å²) in [7, 11) is 0. The van der Waals surface area contributed by atoms with Gasteiger partial charge in [0.05, 0.1) is 0 Å². The Labute approximate surface area is 86.5 Å². The lowest BCUT2D eigenvalue weighted by molar-refractivity contribution is 0.0173. The van der Waals surface area contributed by atoms with Crippen molar-refractivity contribution in [2.75, 3.05) is 0 Å². The summed E-state index contributed by atoms with van der Waals surface area (Å²) in [6, 6.07) is 0. The van der Waals surface area contributed by atoms with Gasteiger partial charge >= 0.3 is 6.16 Å². The van der Waals surface area contributed by atoms with E-state index < -0.39 is 6.16 Å². The number of rotatable bonds is 7. The molecule has 0 aliphatic carbocycles. The average molecular weight is 202 g/mol. The SMILES string of the molecule is CCCCC(OC(=O)O)C(CC)CC. The molecular weight excluding hydrogens is 180 g/mol. The Morgan fingerprint density at radius 1 is 1.29 bits per heavy atom. The Kier molecular flexibility index (Phi) is 7.25. The third-order valence-corrected chi connectivity index (χ3v) is 2.67. The highest BCUT2D eigenvalue weighted by Gasteiger charge is 2.21. The molecule has 0 aromatic carbocycles. The van der Waals surface area contributed by atoms with Gasteiger partial charge in [0.2, 0.25) is 0 Å². The molecule has 0 fully saturated rings. The van der Waals surface area contributed by atoms with Gasteiger partial charge in [0.25, 0.3) is 0 Å². The molecule has 3 nitrogen and oxygen atoms in total. The first kappa shape index (κ1) is 13.3. The quantitative estimate of drug-likeness (QED) is 0.640. The summed E-state index contributed by atoms with van der Waals surface area (Å²) in [6.07, 6.45) is 3.69. The standard InChI is InChI=1S/C11H22O3/c1-4-7-8-10(14-11(12)13)9(5-2)6-3/h9-10H,4-8H2,1-3H3,(H,12,13). The van der Waals surface area contributed by atoms with E-state index in [1.54, 1.807) is 0 Å². The van der Waals surface area contributed by atoms with Crippen LogP contribution >= 0.6 is 0 Å². The molecule has 84 valence electrons. The number of hydrogen-bond acceptors (Lipinski definition) is 2. The van der Waals surface area contributed by atoms with Crippen molar-refractivity contribution in [2.24, 2.45) is 5.92 Å². The second kappa shape index (κ2) is 7.65. The Morgan fingerprint density at radius 2 is 1.86 bits per heavy atom. The smallest absolute Gasteiger partial charge is 0.450 e. The van der Waals surface area contributed by atoms with Crippen molar-refractivity contribution in [3.63, 3.8) is 0 Å². The Balaban J connectivity index is 4.12. The van der Waals surface area contributed by atoms with Crippen LogP contribution in [0.15, 0.2) is 0 Å². The van der Waals surface area contributed by atoms with Gasteiger partial charge in [-0.3, -0.25) is 0 Å². The predicted molar refractivity (Wildman–Crippen MR) is 56.5 cm³/mol. The molecule has 0 heterocycles. The maximum absolute atomic E-state index is 10.5. The molecule has 0 rings (SSSR count).